The first-order chi connectivity index (χ1) is 10.5. The summed E-state index contributed by atoms with van der Waals surface area (Å²) in [5, 5.41) is 12.4. The Morgan fingerprint density at radius 3 is 2.73 bits per heavy atom. The van der Waals surface area contributed by atoms with Crippen molar-refractivity contribution in [3.05, 3.63) is 35.5 Å². The minimum atomic E-state index is -1.03. The fourth-order valence-electron chi connectivity index (χ4n) is 1.88. The molecule has 2 rings (SSSR count). The first kappa shape index (κ1) is 16.1. The van der Waals surface area contributed by atoms with Crippen molar-refractivity contribution in [1.29, 1.82) is 0 Å². The third-order valence-corrected chi connectivity index (χ3v) is 4.40. The summed E-state index contributed by atoms with van der Waals surface area (Å²) in [6.07, 6.45) is 3.76. The van der Waals surface area contributed by atoms with Gasteiger partial charge in [0.2, 0.25) is 0 Å². The number of amides is 1. The molecule has 116 valence electrons. The van der Waals surface area contributed by atoms with Gasteiger partial charge in [0, 0.05) is 6.20 Å². The molecule has 0 fully saturated rings. The largest absolute Gasteiger partial charge is 0.480 e. The average Bonchev–Trinajstić information content (AvgIpc) is 3.02. The quantitative estimate of drug-likeness (QED) is 0.853. The lowest BCUT2D eigenvalue weighted by atomic mass is 9.99. The average molecular weight is 319 g/mol. The van der Waals surface area contributed by atoms with Gasteiger partial charge >= 0.3 is 5.97 Å². The molecule has 0 aromatic carbocycles. The topological polar surface area (TPSA) is 92.2 Å². The van der Waals surface area contributed by atoms with E-state index in [0.717, 1.165) is 0 Å². The lowest BCUT2D eigenvalue weighted by Crippen LogP contribution is -2.44. The summed E-state index contributed by atoms with van der Waals surface area (Å²) < 4.78 is 0. The molecule has 0 aliphatic rings. The summed E-state index contributed by atoms with van der Waals surface area (Å²) in [5.41, 5.74) is 0.684. The van der Waals surface area contributed by atoms with E-state index in [0.29, 0.717) is 22.0 Å². The predicted molar refractivity (Wildman–Crippen MR) is 83.7 cm³/mol. The molecule has 2 heterocycles. The van der Waals surface area contributed by atoms with E-state index in [1.54, 1.807) is 25.3 Å². The molecule has 6 nitrogen and oxygen atoms in total. The molecule has 1 amide bonds. The van der Waals surface area contributed by atoms with Crippen molar-refractivity contribution in [2.24, 2.45) is 5.92 Å². The zero-order valence-electron chi connectivity index (χ0n) is 12.3. The highest BCUT2D eigenvalue weighted by Gasteiger charge is 2.26. The van der Waals surface area contributed by atoms with E-state index in [4.69, 9.17) is 0 Å². The number of aliphatic carboxylic acids is 1. The second kappa shape index (κ2) is 7.13. The molecule has 0 bridgehead atoms. The molecule has 0 saturated heterocycles. The summed E-state index contributed by atoms with van der Waals surface area (Å²) in [6.45, 7) is 3.68. The minimum absolute atomic E-state index is 0.148. The van der Waals surface area contributed by atoms with Crippen LogP contribution in [0.5, 0.6) is 0 Å². The van der Waals surface area contributed by atoms with Crippen molar-refractivity contribution in [1.82, 2.24) is 15.3 Å². The molecular formula is C15H17N3O3S. The van der Waals surface area contributed by atoms with Gasteiger partial charge in [-0.3, -0.25) is 9.78 Å². The molecule has 0 aliphatic carbocycles. The summed E-state index contributed by atoms with van der Waals surface area (Å²) >= 11 is 1.19. The van der Waals surface area contributed by atoms with Crippen molar-refractivity contribution >= 4 is 23.2 Å². The van der Waals surface area contributed by atoms with Crippen LogP contribution in [0.3, 0.4) is 0 Å². The van der Waals surface area contributed by atoms with Gasteiger partial charge in [-0.15, -0.1) is 11.3 Å². The number of aromatic nitrogens is 2. The summed E-state index contributed by atoms with van der Waals surface area (Å²) in [6, 6.07) is 4.54. The van der Waals surface area contributed by atoms with Gasteiger partial charge in [-0.05, 0) is 18.1 Å². The van der Waals surface area contributed by atoms with Gasteiger partial charge in [0.15, 0.2) is 0 Å². The maximum absolute atomic E-state index is 12.2. The van der Waals surface area contributed by atoms with E-state index < -0.39 is 17.9 Å². The van der Waals surface area contributed by atoms with Gasteiger partial charge in [-0.2, -0.15) is 0 Å². The van der Waals surface area contributed by atoms with Crippen molar-refractivity contribution in [2.45, 2.75) is 26.3 Å². The van der Waals surface area contributed by atoms with E-state index in [-0.39, 0.29) is 5.92 Å². The molecule has 0 aliphatic heterocycles. The molecule has 2 aromatic heterocycles. The molecule has 22 heavy (non-hydrogen) atoms. The normalized spacial score (nSPS) is 13.4. The molecule has 0 spiro atoms. The van der Waals surface area contributed by atoms with Gasteiger partial charge < -0.3 is 10.4 Å². The van der Waals surface area contributed by atoms with Gasteiger partial charge in [0.1, 0.15) is 15.9 Å². The van der Waals surface area contributed by atoms with Gasteiger partial charge in [-0.25, -0.2) is 9.78 Å². The number of nitrogens with zero attached hydrogens (tertiary/aromatic N) is 2. The first-order valence-electron chi connectivity index (χ1n) is 6.93. The first-order valence-corrected chi connectivity index (χ1v) is 7.75. The molecule has 2 N–H and O–H groups in total. The van der Waals surface area contributed by atoms with Crippen molar-refractivity contribution in [2.75, 3.05) is 0 Å². The maximum atomic E-state index is 12.2. The number of carbonyl (C=O) groups excluding carboxylic acids is 1. The Morgan fingerprint density at radius 2 is 2.14 bits per heavy atom. The third-order valence-electron chi connectivity index (χ3n) is 3.38. The van der Waals surface area contributed by atoms with Gasteiger partial charge in [0.05, 0.1) is 11.9 Å². The van der Waals surface area contributed by atoms with E-state index >= 15 is 0 Å². The Hall–Kier alpha value is -2.28. The Labute approximate surface area is 132 Å². The molecule has 0 unspecified atom stereocenters. The van der Waals surface area contributed by atoms with Crippen LogP contribution in [0.15, 0.2) is 30.6 Å². The molecular weight excluding hydrogens is 302 g/mol. The van der Waals surface area contributed by atoms with Crippen LogP contribution in [0.25, 0.3) is 10.7 Å². The number of pyridine rings is 1. The van der Waals surface area contributed by atoms with Crippen LogP contribution in [-0.4, -0.2) is 33.0 Å². The minimum Gasteiger partial charge on any atom is -0.480 e. The summed E-state index contributed by atoms with van der Waals surface area (Å²) in [7, 11) is 0. The summed E-state index contributed by atoms with van der Waals surface area (Å²) in [5.74, 6) is -1.60. The van der Waals surface area contributed by atoms with Crippen LogP contribution >= 0.6 is 11.3 Å². The Morgan fingerprint density at radius 1 is 1.36 bits per heavy atom. The second-order valence-corrected chi connectivity index (χ2v) is 5.95. The van der Waals surface area contributed by atoms with Crippen molar-refractivity contribution in [3.8, 4) is 10.7 Å². The molecule has 0 saturated carbocycles. The zero-order valence-corrected chi connectivity index (χ0v) is 13.1. The van der Waals surface area contributed by atoms with E-state index in [9.17, 15) is 14.7 Å². The van der Waals surface area contributed by atoms with E-state index in [1.807, 2.05) is 13.0 Å². The molecule has 0 radical (unpaired) electrons. The zero-order chi connectivity index (χ0) is 16.1. The molecule has 7 heteroatoms. The molecule has 2 atom stereocenters. The standard InChI is InChI=1S/C15H17N3O3S/c1-3-9(2)12(15(20)21)18-13(19)11-8-17-14(22-11)10-6-4-5-7-16-10/h4-9,12H,3H2,1-2H3,(H,18,19)(H,20,21)/t9-,12-/m0/s1. The number of nitrogens with one attached hydrogen (secondary N) is 1. The number of carbonyl (C=O) groups is 2. The van der Waals surface area contributed by atoms with Crippen LogP contribution in [-0.2, 0) is 4.79 Å². The monoisotopic (exact) mass is 319 g/mol. The van der Waals surface area contributed by atoms with Gasteiger partial charge in [-0.1, -0.05) is 26.3 Å². The fraction of sp³-hybridized carbons (Fsp3) is 0.333. The second-order valence-electron chi connectivity index (χ2n) is 4.92. The number of carboxylic acids is 1. The van der Waals surface area contributed by atoms with E-state index in [1.165, 1.54) is 17.5 Å². The Bertz CT molecular complexity index is 657. The SMILES string of the molecule is CC[C@H](C)[C@H](NC(=O)c1cnc(-c2ccccn2)s1)C(=O)O. The number of rotatable bonds is 6. The lowest BCUT2D eigenvalue weighted by molar-refractivity contribution is -0.140. The lowest BCUT2D eigenvalue weighted by Gasteiger charge is -2.19. The highest BCUT2D eigenvalue weighted by Crippen LogP contribution is 2.23. The fourth-order valence-corrected chi connectivity index (χ4v) is 2.68. The van der Waals surface area contributed by atoms with Crippen molar-refractivity contribution < 1.29 is 14.7 Å². The van der Waals surface area contributed by atoms with Crippen LogP contribution in [0.4, 0.5) is 0 Å². The highest BCUT2D eigenvalue weighted by molar-refractivity contribution is 7.16. The Balaban J connectivity index is 2.13. The van der Waals surface area contributed by atoms with Gasteiger partial charge in [0.25, 0.3) is 5.91 Å². The van der Waals surface area contributed by atoms with E-state index in [2.05, 4.69) is 15.3 Å². The molecule has 2 aromatic rings. The maximum Gasteiger partial charge on any atom is 0.326 e. The van der Waals surface area contributed by atoms with Crippen LogP contribution in [0.2, 0.25) is 0 Å². The Kier molecular flexibility index (Phi) is 5.21. The number of hydrogen-bond acceptors (Lipinski definition) is 5. The predicted octanol–water partition coefficient (Wildman–Crippen LogP) is 2.43. The smallest absolute Gasteiger partial charge is 0.326 e. The highest BCUT2D eigenvalue weighted by atomic mass is 32.1. The van der Waals surface area contributed by atoms with Crippen LogP contribution < -0.4 is 5.32 Å². The van der Waals surface area contributed by atoms with Crippen LogP contribution in [0.1, 0.15) is 29.9 Å². The summed E-state index contributed by atoms with van der Waals surface area (Å²) in [4.78, 5) is 32.2. The van der Waals surface area contributed by atoms with Crippen molar-refractivity contribution in [3.63, 3.8) is 0 Å². The number of hydrogen-bond donors (Lipinski definition) is 2. The third kappa shape index (κ3) is 3.67. The van der Waals surface area contributed by atoms with Crippen LogP contribution in [0, 0.1) is 5.92 Å². The number of carboxylic acid groups (broad SMARTS) is 1. The number of thiazole rings is 1.